The van der Waals surface area contributed by atoms with Crippen molar-refractivity contribution in [1.82, 2.24) is 0 Å². The minimum absolute atomic E-state index is 0.102. The highest BCUT2D eigenvalue weighted by Crippen LogP contribution is 2.39. The summed E-state index contributed by atoms with van der Waals surface area (Å²) in [6.07, 6.45) is 4.87. The number of halogens is 1. The lowest BCUT2D eigenvalue weighted by Crippen LogP contribution is -2.32. The van der Waals surface area contributed by atoms with Crippen LogP contribution in [0.5, 0.6) is 0 Å². The lowest BCUT2D eigenvalue weighted by Gasteiger charge is -2.26. The fourth-order valence-corrected chi connectivity index (χ4v) is 5.54. The zero-order valence-electron chi connectivity index (χ0n) is 11.4. The first kappa shape index (κ1) is 13.9. The molecule has 2 aliphatic heterocycles. The third-order valence-electron chi connectivity index (χ3n) is 4.59. The molecule has 2 heterocycles. The number of Topliss-reactive ketones (excluding diaryl/α,β-unsaturated/α-hetero) is 1. The number of ketones is 1. The highest BCUT2D eigenvalue weighted by molar-refractivity contribution is 7.86. The van der Waals surface area contributed by atoms with Crippen molar-refractivity contribution in [3.05, 3.63) is 35.6 Å². The van der Waals surface area contributed by atoms with E-state index < -0.39 is 10.8 Å². The number of hydrogen-bond donors (Lipinski definition) is 0. The largest absolute Gasteiger partial charge is 0.299 e. The summed E-state index contributed by atoms with van der Waals surface area (Å²) < 4.78 is 24.7. The van der Waals surface area contributed by atoms with E-state index in [-0.39, 0.29) is 22.2 Å². The van der Waals surface area contributed by atoms with Gasteiger partial charge in [0.25, 0.3) is 0 Å². The Kier molecular flexibility index (Phi) is 4.01. The molecule has 1 aromatic carbocycles. The predicted molar refractivity (Wildman–Crippen MR) is 77.4 cm³/mol. The van der Waals surface area contributed by atoms with Gasteiger partial charge in [0.15, 0.2) is 0 Å². The van der Waals surface area contributed by atoms with Crippen molar-refractivity contribution in [1.29, 1.82) is 0 Å². The Hall–Kier alpha value is -1.03. The second-order valence-corrected chi connectivity index (χ2v) is 7.90. The third-order valence-corrected chi connectivity index (χ3v) is 6.76. The summed E-state index contributed by atoms with van der Waals surface area (Å²) in [6.45, 7) is 0. The van der Waals surface area contributed by atoms with Crippen molar-refractivity contribution in [3.63, 3.8) is 0 Å². The first-order chi connectivity index (χ1) is 9.63. The predicted octanol–water partition coefficient (Wildman–Crippen LogP) is 3.02. The molecule has 0 saturated carbocycles. The summed E-state index contributed by atoms with van der Waals surface area (Å²) in [5.41, 5.74) is 1.00. The van der Waals surface area contributed by atoms with E-state index in [2.05, 4.69) is 0 Å². The van der Waals surface area contributed by atoms with Crippen LogP contribution in [0.25, 0.3) is 0 Å². The summed E-state index contributed by atoms with van der Waals surface area (Å²) in [6, 6.07) is 6.35. The molecule has 2 atom stereocenters. The molecule has 2 nitrogen and oxygen atoms in total. The molecule has 0 N–H and O–H groups in total. The Balaban J connectivity index is 1.55. The topological polar surface area (TPSA) is 34.1 Å². The number of aryl methyl sites for hydroxylation is 1. The summed E-state index contributed by atoms with van der Waals surface area (Å²) in [4.78, 5) is 12.3. The molecular weight excluding hydrogens is 275 g/mol. The number of carbonyl (C=O) groups excluding carboxylic acids is 1. The van der Waals surface area contributed by atoms with Gasteiger partial charge in [0, 0.05) is 33.6 Å². The van der Waals surface area contributed by atoms with Crippen molar-refractivity contribution in [2.24, 2.45) is 5.92 Å². The lowest BCUT2D eigenvalue weighted by molar-refractivity contribution is -0.123. The molecule has 3 rings (SSSR count). The van der Waals surface area contributed by atoms with Gasteiger partial charge in [-0.2, -0.15) is 0 Å². The quantitative estimate of drug-likeness (QED) is 0.855. The average Bonchev–Trinajstić information content (AvgIpc) is 2.67. The van der Waals surface area contributed by atoms with Gasteiger partial charge in [0.2, 0.25) is 0 Å². The molecule has 0 radical (unpaired) electrons. The Morgan fingerprint density at radius 3 is 2.35 bits per heavy atom. The molecular formula is C16H19FO2S. The summed E-state index contributed by atoms with van der Waals surface area (Å²) in [5, 5.41) is 0.516. The van der Waals surface area contributed by atoms with Crippen LogP contribution in [0.3, 0.4) is 0 Å². The number of rotatable bonds is 4. The minimum Gasteiger partial charge on any atom is -0.299 e. The van der Waals surface area contributed by atoms with Crippen LogP contribution >= 0.6 is 0 Å². The molecule has 1 aromatic rings. The standard InChI is InChI=1S/C16H19FO2S/c17-13-4-1-11(2-5-13)3-8-16(18)12-9-14-6-7-15(10-12)20(14)19/h1-2,4-5,12,14-15H,3,6-10H2. The van der Waals surface area contributed by atoms with Crippen LogP contribution in [0.4, 0.5) is 4.39 Å². The SMILES string of the molecule is O=C(CCc1ccc(F)cc1)C1CC2CCC(C1)S2=O. The van der Waals surface area contributed by atoms with Crippen molar-refractivity contribution >= 4 is 16.6 Å². The van der Waals surface area contributed by atoms with Crippen molar-refractivity contribution in [2.75, 3.05) is 0 Å². The van der Waals surface area contributed by atoms with Gasteiger partial charge < -0.3 is 0 Å². The fraction of sp³-hybridized carbons (Fsp3) is 0.562. The minimum atomic E-state index is -0.692. The number of fused-ring (bicyclic) bond motifs is 2. The van der Waals surface area contributed by atoms with Crippen LogP contribution in [0, 0.1) is 11.7 Å². The molecule has 0 aromatic heterocycles. The van der Waals surface area contributed by atoms with E-state index in [0.717, 1.165) is 31.2 Å². The van der Waals surface area contributed by atoms with Crippen molar-refractivity contribution in [2.45, 2.75) is 49.0 Å². The Labute approximate surface area is 121 Å². The number of hydrogen-bond acceptors (Lipinski definition) is 2. The molecule has 4 heteroatoms. The maximum Gasteiger partial charge on any atom is 0.136 e. The van der Waals surface area contributed by atoms with Crippen LogP contribution < -0.4 is 0 Å². The second kappa shape index (κ2) is 5.76. The Morgan fingerprint density at radius 2 is 1.75 bits per heavy atom. The normalized spacial score (nSPS) is 32.2. The monoisotopic (exact) mass is 294 g/mol. The second-order valence-electron chi connectivity index (χ2n) is 5.91. The van der Waals surface area contributed by atoms with Gasteiger partial charge in [-0.15, -0.1) is 0 Å². The smallest absolute Gasteiger partial charge is 0.136 e. The molecule has 2 saturated heterocycles. The molecule has 2 aliphatic rings. The summed E-state index contributed by atoms with van der Waals surface area (Å²) in [7, 11) is -0.692. The third kappa shape index (κ3) is 2.85. The van der Waals surface area contributed by atoms with Crippen LogP contribution in [0.2, 0.25) is 0 Å². The van der Waals surface area contributed by atoms with Crippen LogP contribution in [-0.2, 0) is 22.0 Å². The van der Waals surface area contributed by atoms with Gasteiger partial charge in [-0.05, 0) is 49.8 Å². The van der Waals surface area contributed by atoms with Crippen molar-refractivity contribution in [3.8, 4) is 0 Å². The maximum atomic E-state index is 12.8. The van der Waals surface area contributed by atoms with Gasteiger partial charge in [-0.3, -0.25) is 9.00 Å². The van der Waals surface area contributed by atoms with Crippen molar-refractivity contribution < 1.29 is 13.4 Å². The fourth-order valence-electron chi connectivity index (χ4n) is 3.42. The number of benzene rings is 1. The molecule has 0 amide bonds. The Bertz CT molecular complexity index is 510. The maximum absolute atomic E-state index is 12.8. The van der Waals surface area contributed by atoms with E-state index in [9.17, 15) is 13.4 Å². The lowest BCUT2D eigenvalue weighted by atomic mass is 9.91. The van der Waals surface area contributed by atoms with E-state index in [1.54, 1.807) is 12.1 Å². The molecule has 2 unspecified atom stereocenters. The van der Waals surface area contributed by atoms with Crippen LogP contribution in [0.15, 0.2) is 24.3 Å². The molecule has 0 aliphatic carbocycles. The molecule has 20 heavy (non-hydrogen) atoms. The average molecular weight is 294 g/mol. The van der Waals surface area contributed by atoms with Gasteiger partial charge in [0.05, 0.1) is 0 Å². The van der Waals surface area contributed by atoms with Gasteiger partial charge in [-0.1, -0.05) is 12.1 Å². The summed E-state index contributed by atoms with van der Waals surface area (Å²) >= 11 is 0. The summed E-state index contributed by atoms with van der Waals surface area (Å²) in [5.74, 6) is 0.153. The van der Waals surface area contributed by atoms with E-state index >= 15 is 0 Å². The van der Waals surface area contributed by atoms with E-state index in [1.165, 1.54) is 12.1 Å². The van der Waals surface area contributed by atoms with Gasteiger partial charge >= 0.3 is 0 Å². The molecule has 2 fully saturated rings. The van der Waals surface area contributed by atoms with E-state index in [1.807, 2.05) is 0 Å². The molecule has 2 bridgehead atoms. The Morgan fingerprint density at radius 1 is 1.15 bits per heavy atom. The van der Waals surface area contributed by atoms with Gasteiger partial charge in [-0.25, -0.2) is 4.39 Å². The van der Waals surface area contributed by atoms with Gasteiger partial charge in [0.1, 0.15) is 11.6 Å². The highest BCUT2D eigenvalue weighted by atomic mass is 32.2. The van der Waals surface area contributed by atoms with Crippen LogP contribution in [0.1, 0.15) is 37.7 Å². The van der Waals surface area contributed by atoms with E-state index in [4.69, 9.17) is 0 Å². The van der Waals surface area contributed by atoms with E-state index in [0.29, 0.717) is 18.6 Å². The highest BCUT2D eigenvalue weighted by Gasteiger charge is 2.42. The molecule has 0 spiro atoms. The van der Waals surface area contributed by atoms with Crippen LogP contribution in [-0.4, -0.2) is 20.5 Å². The first-order valence-electron chi connectivity index (χ1n) is 7.30. The zero-order chi connectivity index (χ0) is 14.1. The molecule has 108 valence electrons. The first-order valence-corrected chi connectivity index (χ1v) is 8.57. The zero-order valence-corrected chi connectivity index (χ0v) is 12.2. The number of carbonyl (C=O) groups is 1.